The molecule has 1 unspecified atom stereocenters. The highest BCUT2D eigenvalue weighted by Crippen LogP contribution is 2.38. The van der Waals surface area contributed by atoms with E-state index in [4.69, 9.17) is 32.7 Å². The lowest BCUT2D eigenvalue weighted by Crippen LogP contribution is -2.27. The Balaban J connectivity index is 1.71. The monoisotopic (exact) mass is 691 g/mol. The average molecular weight is 693 g/mol. The number of aromatic nitrogens is 5. The zero-order chi connectivity index (χ0) is 34.7. The van der Waals surface area contributed by atoms with Crippen molar-refractivity contribution < 1.29 is 19.4 Å². The molecule has 2 N–H and O–H groups in total. The normalized spacial score (nSPS) is 11.8. The minimum atomic E-state index is -1.26. The van der Waals surface area contributed by atoms with Crippen LogP contribution in [0, 0.1) is 0 Å². The quantitative estimate of drug-likeness (QED) is 0.154. The number of carbonyl (C=O) groups is 1. The van der Waals surface area contributed by atoms with Crippen LogP contribution in [0.15, 0.2) is 71.8 Å². The summed E-state index contributed by atoms with van der Waals surface area (Å²) < 4.78 is 13.8. The highest BCUT2D eigenvalue weighted by molar-refractivity contribution is 6.31. The first-order chi connectivity index (χ1) is 22.9. The first kappa shape index (κ1) is 34.3. The largest absolute Gasteiger partial charge is 0.497 e. The van der Waals surface area contributed by atoms with Gasteiger partial charge in [-0.2, -0.15) is 10.1 Å². The number of hydrogen-bond donors (Lipinski definition) is 2. The van der Waals surface area contributed by atoms with Crippen LogP contribution in [-0.2, 0) is 6.54 Å². The summed E-state index contributed by atoms with van der Waals surface area (Å²) >= 11 is 12.8. The number of methoxy groups -OCH3 is 2. The number of anilines is 2. The Bertz CT molecular complexity index is 1990. The molecule has 0 amide bonds. The molecule has 3 aromatic heterocycles. The molecule has 0 aliphatic heterocycles. The zero-order valence-electron chi connectivity index (χ0n) is 27.2. The summed E-state index contributed by atoms with van der Waals surface area (Å²) in [7, 11) is 6.65. The topological polar surface area (TPSA) is 137 Å². The van der Waals surface area contributed by atoms with Crippen molar-refractivity contribution in [2.24, 2.45) is 0 Å². The molecule has 2 aromatic carbocycles. The maximum absolute atomic E-state index is 14.0. The van der Waals surface area contributed by atoms with Crippen molar-refractivity contribution in [2.45, 2.75) is 32.4 Å². The van der Waals surface area contributed by atoms with Gasteiger partial charge in [0.05, 0.1) is 43.7 Å². The van der Waals surface area contributed by atoms with Crippen molar-refractivity contribution in [2.75, 3.05) is 38.5 Å². The molecule has 5 aromatic rings. The first-order valence-electron chi connectivity index (χ1n) is 14.9. The molecule has 14 heteroatoms. The second-order valence-electron chi connectivity index (χ2n) is 11.5. The van der Waals surface area contributed by atoms with Gasteiger partial charge in [-0.05, 0) is 47.4 Å². The number of halogens is 2. The fourth-order valence-electron chi connectivity index (χ4n) is 5.37. The number of pyridine rings is 1. The Morgan fingerprint density at radius 1 is 1.02 bits per heavy atom. The SMILES string of the molecule is COc1ccc(Cn2cc(Cl)cc(NC(c3ccc(Cl)cc3)c3c(C(=O)O)nn(-c4cnc(N(C)C)nc4OC)c3C(C)C)c2=O)cc1. The lowest BCUT2D eigenvalue weighted by atomic mass is 9.92. The molecule has 0 aliphatic carbocycles. The van der Waals surface area contributed by atoms with E-state index in [1.807, 2.05) is 38.1 Å². The molecule has 48 heavy (non-hydrogen) atoms. The van der Waals surface area contributed by atoms with E-state index in [9.17, 15) is 14.7 Å². The molecule has 12 nitrogen and oxygen atoms in total. The number of carboxylic acid groups (broad SMARTS) is 1. The number of ether oxygens (including phenoxy) is 2. The van der Waals surface area contributed by atoms with Crippen molar-refractivity contribution >= 4 is 40.8 Å². The highest BCUT2D eigenvalue weighted by atomic mass is 35.5. The third-order valence-electron chi connectivity index (χ3n) is 7.61. The molecule has 1 atom stereocenters. The van der Waals surface area contributed by atoms with Gasteiger partial charge in [0.15, 0.2) is 5.69 Å². The Kier molecular flexibility index (Phi) is 10.3. The Labute approximate surface area is 287 Å². The van der Waals surface area contributed by atoms with E-state index in [0.29, 0.717) is 44.3 Å². The molecular formula is C34H35Cl2N7O5. The number of aromatic carboxylic acids is 1. The number of rotatable bonds is 12. The van der Waals surface area contributed by atoms with E-state index in [0.717, 1.165) is 5.56 Å². The van der Waals surface area contributed by atoms with E-state index >= 15 is 0 Å². The summed E-state index contributed by atoms with van der Waals surface area (Å²) in [6.45, 7) is 4.08. The number of nitrogens with zero attached hydrogens (tertiary/aromatic N) is 6. The fraction of sp³-hybridized carbons (Fsp3) is 0.265. The maximum atomic E-state index is 14.0. The summed E-state index contributed by atoms with van der Waals surface area (Å²) in [5, 5.41) is 19.2. The summed E-state index contributed by atoms with van der Waals surface area (Å²) in [5.41, 5.74) is 2.28. The molecule has 5 rings (SSSR count). The molecule has 0 aliphatic rings. The third kappa shape index (κ3) is 7.09. The second-order valence-corrected chi connectivity index (χ2v) is 12.3. The predicted molar refractivity (Wildman–Crippen MR) is 186 cm³/mol. The number of carboxylic acids is 1. The van der Waals surface area contributed by atoms with Crippen LogP contribution in [0.25, 0.3) is 5.69 Å². The van der Waals surface area contributed by atoms with Crippen molar-refractivity contribution in [1.82, 2.24) is 24.3 Å². The smallest absolute Gasteiger partial charge is 0.356 e. The first-order valence-corrected chi connectivity index (χ1v) is 15.7. The van der Waals surface area contributed by atoms with Gasteiger partial charge in [0, 0.05) is 30.9 Å². The van der Waals surface area contributed by atoms with Gasteiger partial charge in [-0.1, -0.05) is 61.3 Å². The van der Waals surface area contributed by atoms with Crippen LogP contribution in [0.1, 0.15) is 58.7 Å². The van der Waals surface area contributed by atoms with E-state index in [1.165, 1.54) is 28.6 Å². The second kappa shape index (κ2) is 14.4. The van der Waals surface area contributed by atoms with Crippen LogP contribution in [0.4, 0.5) is 11.6 Å². The molecule has 0 spiro atoms. The van der Waals surface area contributed by atoms with E-state index in [2.05, 4.69) is 20.4 Å². The lowest BCUT2D eigenvalue weighted by molar-refractivity contribution is 0.0688. The van der Waals surface area contributed by atoms with Crippen LogP contribution < -0.4 is 25.2 Å². The van der Waals surface area contributed by atoms with Gasteiger partial charge in [0.1, 0.15) is 17.1 Å². The average Bonchev–Trinajstić information content (AvgIpc) is 3.47. The molecule has 3 heterocycles. The van der Waals surface area contributed by atoms with Gasteiger partial charge in [0.25, 0.3) is 5.56 Å². The third-order valence-corrected chi connectivity index (χ3v) is 8.07. The molecule has 0 saturated heterocycles. The molecule has 0 fully saturated rings. The fourth-order valence-corrected chi connectivity index (χ4v) is 5.72. The van der Waals surface area contributed by atoms with Crippen LogP contribution in [0.3, 0.4) is 0 Å². The number of nitrogens with one attached hydrogen (secondary N) is 1. The van der Waals surface area contributed by atoms with Crippen LogP contribution >= 0.6 is 23.2 Å². The van der Waals surface area contributed by atoms with Gasteiger partial charge in [0.2, 0.25) is 11.8 Å². The van der Waals surface area contributed by atoms with Gasteiger partial charge in [-0.15, -0.1) is 0 Å². The summed E-state index contributed by atoms with van der Waals surface area (Å²) in [6, 6.07) is 14.9. The van der Waals surface area contributed by atoms with Crippen molar-refractivity contribution in [3.8, 4) is 17.3 Å². The van der Waals surface area contributed by atoms with E-state index < -0.39 is 12.0 Å². The van der Waals surface area contributed by atoms with Gasteiger partial charge in [-0.3, -0.25) is 4.79 Å². The van der Waals surface area contributed by atoms with E-state index in [-0.39, 0.29) is 35.3 Å². The lowest BCUT2D eigenvalue weighted by Gasteiger charge is -2.24. The van der Waals surface area contributed by atoms with Crippen molar-refractivity contribution in [1.29, 1.82) is 0 Å². The van der Waals surface area contributed by atoms with Gasteiger partial charge in [-0.25, -0.2) is 14.5 Å². The van der Waals surface area contributed by atoms with Crippen LogP contribution in [0.2, 0.25) is 10.0 Å². The molecule has 0 saturated carbocycles. The predicted octanol–water partition coefficient (Wildman–Crippen LogP) is 6.29. The summed E-state index contributed by atoms with van der Waals surface area (Å²) in [5.74, 6) is -0.228. The molecular weight excluding hydrogens is 657 g/mol. The minimum Gasteiger partial charge on any atom is -0.497 e. The molecule has 0 radical (unpaired) electrons. The molecule has 0 bridgehead atoms. The van der Waals surface area contributed by atoms with Gasteiger partial charge >= 0.3 is 5.97 Å². The van der Waals surface area contributed by atoms with E-state index in [1.54, 1.807) is 56.6 Å². The zero-order valence-corrected chi connectivity index (χ0v) is 28.7. The van der Waals surface area contributed by atoms with Crippen molar-refractivity contribution in [3.05, 3.63) is 115 Å². The summed E-state index contributed by atoms with van der Waals surface area (Å²) in [4.78, 5) is 37.5. The molecule has 250 valence electrons. The van der Waals surface area contributed by atoms with Crippen LogP contribution in [0.5, 0.6) is 11.6 Å². The van der Waals surface area contributed by atoms with Crippen LogP contribution in [-0.4, -0.2) is 63.7 Å². The summed E-state index contributed by atoms with van der Waals surface area (Å²) in [6.07, 6.45) is 3.09. The Morgan fingerprint density at radius 2 is 1.71 bits per heavy atom. The Morgan fingerprint density at radius 3 is 2.29 bits per heavy atom. The standard InChI is InChI=1S/C34H35Cl2N7O5/c1-19(2)30-27(29(33(45)46)40-43(30)26-16-37-34(41(3)4)39-31(26)48-6)28(21-9-11-22(35)12-10-21)38-25-15-23(36)18-42(32(25)44)17-20-7-13-24(47-5)14-8-20/h7-16,18-19,28,38H,17H2,1-6H3,(H,45,46). The maximum Gasteiger partial charge on any atom is 0.356 e. The highest BCUT2D eigenvalue weighted by Gasteiger charge is 2.33. The van der Waals surface area contributed by atoms with Crippen molar-refractivity contribution in [3.63, 3.8) is 0 Å². The minimum absolute atomic E-state index is 0.158. The number of hydrogen-bond acceptors (Lipinski definition) is 9. The van der Waals surface area contributed by atoms with Gasteiger partial charge < -0.3 is 29.4 Å². The number of benzene rings is 2. The Hall–Kier alpha value is -5.07.